The first-order valence-corrected chi connectivity index (χ1v) is 7.38. The summed E-state index contributed by atoms with van der Waals surface area (Å²) >= 11 is 5.90. The van der Waals surface area contributed by atoms with Crippen molar-refractivity contribution in [2.24, 2.45) is 0 Å². The van der Waals surface area contributed by atoms with Gasteiger partial charge in [-0.15, -0.1) is 0 Å². The van der Waals surface area contributed by atoms with Crippen molar-refractivity contribution in [1.29, 1.82) is 0 Å². The Morgan fingerprint density at radius 2 is 2.10 bits per heavy atom. The Hall–Kier alpha value is -1.33. The number of benzene rings is 1. The van der Waals surface area contributed by atoms with E-state index in [1.807, 2.05) is 0 Å². The van der Waals surface area contributed by atoms with E-state index in [2.05, 4.69) is 17.1 Å². The van der Waals surface area contributed by atoms with Gasteiger partial charge in [0.1, 0.15) is 10.7 Å². The summed E-state index contributed by atoms with van der Waals surface area (Å²) in [6.07, 6.45) is 3.78. The van der Waals surface area contributed by atoms with Gasteiger partial charge in [0.15, 0.2) is 0 Å². The number of nitrogens with one attached hydrogen (secondary N) is 1. The van der Waals surface area contributed by atoms with E-state index in [0.717, 1.165) is 13.1 Å². The van der Waals surface area contributed by atoms with Crippen molar-refractivity contribution in [2.45, 2.75) is 32.2 Å². The van der Waals surface area contributed by atoms with Crippen molar-refractivity contribution in [3.05, 3.63) is 33.3 Å². The van der Waals surface area contributed by atoms with Crippen LogP contribution in [-0.2, 0) is 0 Å². The van der Waals surface area contributed by atoms with Crippen LogP contribution in [0, 0.1) is 10.1 Å². The lowest BCUT2D eigenvalue weighted by atomic mass is 10.1. The van der Waals surface area contributed by atoms with E-state index in [1.165, 1.54) is 19.3 Å². The van der Waals surface area contributed by atoms with Crippen LogP contribution in [0.5, 0.6) is 0 Å². The number of rotatable bonds is 5. The Morgan fingerprint density at radius 3 is 2.75 bits per heavy atom. The van der Waals surface area contributed by atoms with Crippen LogP contribution in [0.1, 0.15) is 26.2 Å². The van der Waals surface area contributed by atoms with E-state index >= 15 is 0 Å². The van der Waals surface area contributed by atoms with Crippen molar-refractivity contribution >= 4 is 23.0 Å². The molecule has 1 aromatic carbocycles. The van der Waals surface area contributed by atoms with Crippen molar-refractivity contribution in [1.82, 2.24) is 4.90 Å². The second-order valence-corrected chi connectivity index (χ2v) is 5.63. The minimum Gasteiger partial charge on any atom is -0.378 e. The van der Waals surface area contributed by atoms with Gasteiger partial charge in [-0.3, -0.25) is 15.0 Å². The summed E-state index contributed by atoms with van der Waals surface area (Å²) in [5, 5.41) is 14.4. The summed E-state index contributed by atoms with van der Waals surface area (Å²) in [6.45, 7) is 5.05. The number of nitrogens with zero attached hydrogens (tertiary/aromatic N) is 2. The molecule has 0 saturated carbocycles. The highest BCUT2D eigenvalue weighted by Gasteiger charge is 2.20. The van der Waals surface area contributed by atoms with Gasteiger partial charge in [-0.05, 0) is 45.0 Å². The molecule has 0 aromatic heterocycles. The Balaban J connectivity index is 2.00. The van der Waals surface area contributed by atoms with E-state index in [-0.39, 0.29) is 10.7 Å². The fourth-order valence-corrected chi connectivity index (χ4v) is 2.83. The SMILES string of the molecule is CC(CNc1cccc(Cl)c1[N+](=O)[O-])N1CCCCC1. The van der Waals surface area contributed by atoms with Crippen LogP contribution in [0.4, 0.5) is 11.4 Å². The standard InChI is InChI=1S/C14H20ClN3O2/c1-11(17-8-3-2-4-9-17)10-16-13-7-5-6-12(15)14(13)18(19)20/h5-7,11,16H,2-4,8-10H2,1H3. The Kier molecular flexibility index (Phi) is 5.20. The van der Waals surface area contributed by atoms with Gasteiger partial charge >= 0.3 is 5.69 Å². The third-order valence-electron chi connectivity index (χ3n) is 3.77. The summed E-state index contributed by atoms with van der Waals surface area (Å²) in [5.41, 5.74) is 0.450. The van der Waals surface area contributed by atoms with Gasteiger partial charge in [-0.2, -0.15) is 0 Å². The molecule has 1 aromatic rings. The molecule has 1 aliphatic heterocycles. The quantitative estimate of drug-likeness (QED) is 0.667. The number of hydrogen-bond donors (Lipinski definition) is 1. The van der Waals surface area contributed by atoms with Crippen LogP contribution in [0.25, 0.3) is 0 Å². The fourth-order valence-electron chi connectivity index (χ4n) is 2.59. The molecular formula is C14H20ClN3O2. The highest BCUT2D eigenvalue weighted by atomic mass is 35.5. The van der Waals surface area contributed by atoms with E-state index in [9.17, 15) is 10.1 Å². The van der Waals surface area contributed by atoms with Crippen molar-refractivity contribution < 1.29 is 4.92 Å². The molecule has 1 heterocycles. The highest BCUT2D eigenvalue weighted by molar-refractivity contribution is 6.33. The molecule has 1 unspecified atom stereocenters. The van der Waals surface area contributed by atoms with E-state index in [4.69, 9.17) is 11.6 Å². The second kappa shape index (κ2) is 6.90. The molecule has 0 bridgehead atoms. The summed E-state index contributed by atoms with van der Waals surface area (Å²) < 4.78 is 0. The smallest absolute Gasteiger partial charge is 0.310 e. The van der Waals surface area contributed by atoms with Crippen molar-refractivity contribution in [3.63, 3.8) is 0 Å². The van der Waals surface area contributed by atoms with Gasteiger partial charge < -0.3 is 5.32 Å². The molecule has 1 atom stereocenters. The zero-order valence-corrected chi connectivity index (χ0v) is 12.4. The number of likely N-dealkylation sites (tertiary alicyclic amines) is 1. The van der Waals surface area contributed by atoms with Crippen LogP contribution in [0.2, 0.25) is 5.02 Å². The molecule has 110 valence electrons. The maximum atomic E-state index is 11.1. The van der Waals surface area contributed by atoms with Crippen LogP contribution < -0.4 is 5.32 Å². The lowest BCUT2D eigenvalue weighted by Crippen LogP contribution is -2.41. The molecule has 0 aliphatic carbocycles. The Labute approximate surface area is 124 Å². The molecule has 6 heteroatoms. The third kappa shape index (κ3) is 3.61. The first kappa shape index (κ1) is 15.1. The van der Waals surface area contributed by atoms with E-state index in [1.54, 1.807) is 18.2 Å². The molecule has 0 radical (unpaired) electrons. The van der Waals surface area contributed by atoms with Crippen LogP contribution in [-0.4, -0.2) is 35.5 Å². The average Bonchev–Trinajstić information content (AvgIpc) is 2.45. The minimum absolute atomic E-state index is 0.0417. The number of halogens is 1. The number of hydrogen-bond acceptors (Lipinski definition) is 4. The van der Waals surface area contributed by atoms with Gasteiger partial charge in [0.25, 0.3) is 0 Å². The second-order valence-electron chi connectivity index (χ2n) is 5.22. The number of anilines is 1. The lowest BCUT2D eigenvalue weighted by molar-refractivity contribution is -0.383. The number of nitro benzene ring substituents is 1. The number of nitro groups is 1. The molecule has 0 amide bonds. The lowest BCUT2D eigenvalue weighted by Gasteiger charge is -2.32. The summed E-state index contributed by atoms with van der Waals surface area (Å²) in [7, 11) is 0. The van der Waals surface area contributed by atoms with Crippen LogP contribution in [0.15, 0.2) is 18.2 Å². The largest absolute Gasteiger partial charge is 0.378 e. The molecule has 0 spiro atoms. The van der Waals surface area contributed by atoms with Gasteiger partial charge in [0.2, 0.25) is 0 Å². The van der Waals surface area contributed by atoms with Gasteiger partial charge in [-0.1, -0.05) is 24.1 Å². The van der Waals surface area contributed by atoms with E-state index in [0.29, 0.717) is 18.3 Å². The fraction of sp³-hybridized carbons (Fsp3) is 0.571. The Morgan fingerprint density at radius 1 is 1.40 bits per heavy atom. The summed E-state index contributed by atoms with van der Waals surface area (Å²) in [5.74, 6) is 0. The monoisotopic (exact) mass is 297 g/mol. The number of para-hydroxylation sites is 1. The zero-order chi connectivity index (χ0) is 14.5. The normalized spacial score (nSPS) is 17.7. The van der Waals surface area contributed by atoms with Gasteiger partial charge in [-0.25, -0.2) is 0 Å². The molecule has 5 nitrogen and oxygen atoms in total. The predicted octanol–water partition coefficient (Wildman–Crippen LogP) is 3.53. The maximum absolute atomic E-state index is 11.1. The van der Waals surface area contributed by atoms with Crippen LogP contribution in [0.3, 0.4) is 0 Å². The molecule has 1 saturated heterocycles. The summed E-state index contributed by atoms with van der Waals surface area (Å²) in [4.78, 5) is 13.0. The van der Waals surface area contributed by atoms with Gasteiger partial charge in [0.05, 0.1) is 4.92 Å². The zero-order valence-electron chi connectivity index (χ0n) is 11.6. The Bertz CT molecular complexity index is 475. The maximum Gasteiger partial charge on any atom is 0.310 e. The highest BCUT2D eigenvalue weighted by Crippen LogP contribution is 2.32. The molecule has 2 rings (SSSR count). The minimum atomic E-state index is -0.434. The van der Waals surface area contributed by atoms with E-state index < -0.39 is 4.92 Å². The topological polar surface area (TPSA) is 58.4 Å². The molecule has 1 fully saturated rings. The third-order valence-corrected chi connectivity index (χ3v) is 4.08. The molecule has 20 heavy (non-hydrogen) atoms. The van der Waals surface area contributed by atoms with Crippen molar-refractivity contribution in [2.75, 3.05) is 25.0 Å². The first-order valence-electron chi connectivity index (χ1n) is 7.00. The predicted molar refractivity (Wildman–Crippen MR) is 81.5 cm³/mol. The van der Waals surface area contributed by atoms with Crippen LogP contribution >= 0.6 is 11.6 Å². The molecule has 1 N–H and O–H groups in total. The first-order chi connectivity index (χ1) is 9.59. The summed E-state index contributed by atoms with van der Waals surface area (Å²) in [6, 6.07) is 5.32. The van der Waals surface area contributed by atoms with Gasteiger partial charge in [0, 0.05) is 12.6 Å². The number of piperidine rings is 1. The molecule has 1 aliphatic rings. The molecular weight excluding hydrogens is 278 g/mol. The average molecular weight is 298 g/mol. The van der Waals surface area contributed by atoms with Crippen molar-refractivity contribution in [3.8, 4) is 0 Å².